The van der Waals surface area contributed by atoms with Crippen LogP contribution < -0.4 is 5.73 Å². The second kappa shape index (κ2) is 7.16. The van der Waals surface area contributed by atoms with Gasteiger partial charge in [-0.05, 0) is 49.8 Å². The van der Waals surface area contributed by atoms with Crippen LogP contribution in [0.15, 0.2) is 24.3 Å². The van der Waals surface area contributed by atoms with Gasteiger partial charge in [-0.2, -0.15) is 0 Å². The summed E-state index contributed by atoms with van der Waals surface area (Å²) in [4.78, 5) is 0. The Morgan fingerprint density at radius 3 is 2.80 bits per heavy atom. The molecule has 4 heteroatoms. The maximum absolute atomic E-state index is 13.3. The van der Waals surface area contributed by atoms with Crippen LogP contribution in [-0.4, -0.2) is 30.5 Å². The van der Waals surface area contributed by atoms with Crippen LogP contribution >= 0.6 is 0 Å². The molecule has 2 atom stereocenters. The Bertz CT molecular complexity index is 421. The highest BCUT2D eigenvalue weighted by molar-refractivity contribution is 5.22. The highest BCUT2D eigenvalue weighted by Gasteiger charge is 2.33. The van der Waals surface area contributed by atoms with E-state index in [0.717, 1.165) is 25.0 Å². The molecule has 0 bridgehead atoms. The molecule has 1 fully saturated rings. The Balaban J connectivity index is 1.88. The molecule has 112 valence electrons. The van der Waals surface area contributed by atoms with Crippen LogP contribution in [0.3, 0.4) is 0 Å². The molecule has 0 saturated heterocycles. The molecule has 1 aliphatic rings. The number of aliphatic hydroxyl groups is 1. The molecule has 3 N–H and O–H groups in total. The van der Waals surface area contributed by atoms with E-state index >= 15 is 0 Å². The first-order valence-electron chi connectivity index (χ1n) is 7.39. The van der Waals surface area contributed by atoms with Crippen molar-refractivity contribution in [1.29, 1.82) is 0 Å². The maximum atomic E-state index is 13.3. The summed E-state index contributed by atoms with van der Waals surface area (Å²) in [5.41, 5.74) is 6.54. The van der Waals surface area contributed by atoms with Crippen LogP contribution in [0, 0.1) is 11.7 Å². The summed E-state index contributed by atoms with van der Waals surface area (Å²) < 4.78 is 18.8. The van der Waals surface area contributed by atoms with Crippen molar-refractivity contribution in [2.45, 2.75) is 44.3 Å². The van der Waals surface area contributed by atoms with Crippen LogP contribution in [0.4, 0.5) is 4.39 Å². The van der Waals surface area contributed by atoms with Crippen molar-refractivity contribution in [1.82, 2.24) is 0 Å². The van der Waals surface area contributed by atoms with Gasteiger partial charge in [0.1, 0.15) is 5.82 Å². The molecule has 20 heavy (non-hydrogen) atoms. The number of aliphatic hydroxyl groups excluding tert-OH is 1. The highest BCUT2D eigenvalue weighted by atomic mass is 19.1. The second-order valence-electron chi connectivity index (χ2n) is 5.62. The van der Waals surface area contributed by atoms with Gasteiger partial charge in [-0.3, -0.25) is 0 Å². The molecule has 0 aromatic heterocycles. The van der Waals surface area contributed by atoms with Gasteiger partial charge in [-0.15, -0.1) is 0 Å². The van der Waals surface area contributed by atoms with E-state index in [1.807, 2.05) is 13.0 Å². The molecule has 1 aliphatic carbocycles. The number of rotatable bonds is 7. The SMILES string of the molecule is CCOC1CC(CC(O)C(CN)c2cccc(F)c2)C1. The standard InChI is InChI=1S/C16H24FNO2/c1-2-20-14-6-11(7-14)8-16(19)15(10-18)12-4-3-5-13(17)9-12/h3-5,9,11,14-16,19H,2,6-8,10,18H2,1H3. The van der Waals surface area contributed by atoms with E-state index < -0.39 is 6.10 Å². The minimum Gasteiger partial charge on any atom is -0.392 e. The van der Waals surface area contributed by atoms with Crippen LogP contribution in [0.25, 0.3) is 0 Å². The lowest BCUT2D eigenvalue weighted by atomic mass is 9.76. The van der Waals surface area contributed by atoms with Crippen molar-refractivity contribution >= 4 is 0 Å². The number of benzene rings is 1. The molecular formula is C16H24FNO2. The minimum absolute atomic E-state index is 0.197. The lowest BCUT2D eigenvalue weighted by Crippen LogP contribution is -2.36. The first kappa shape index (κ1) is 15.4. The fraction of sp³-hybridized carbons (Fsp3) is 0.625. The summed E-state index contributed by atoms with van der Waals surface area (Å²) in [6, 6.07) is 6.36. The smallest absolute Gasteiger partial charge is 0.123 e. The average Bonchev–Trinajstić information content (AvgIpc) is 2.37. The number of hydrogen-bond donors (Lipinski definition) is 2. The Kier molecular flexibility index (Phi) is 5.52. The molecule has 0 amide bonds. The molecule has 0 heterocycles. The van der Waals surface area contributed by atoms with E-state index in [2.05, 4.69) is 0 Å². The van der Waals surface area contributed by atoms with Crippen LogP contribution in [-0.2, 0) is 4.74 Å². The van der Waals surface area contributed by atoms with Crippen LogP contribution in [0.5, 0.6) is 0 Å². The summed E-state index contributed by atoms with van der Waals surface area (Å²) in [7, 11) is 0. The number of ether oxygens (including phenoxy) is 1. The van der Waals surface area contributed by atoms with E-state index in [1.54, 1.807) is 6.07 Å². The van der Waals surface area contributed by atoms with E-state index in [-0.39, 0.29) is 11.7 Å². The molecular weight excluding hydrogens is 257 g/mol. The molecule has 0 radical (unpaired) electrons. The Morgan fingerprint density at radius 1 is 1.45 bits per heavy atom. The molecule has 2 unspecified atom stereocenters. The van der Waals surface area contributed by atoms with E-state index in [4.69, 9.17) is 10.5 Å². The molecule has 0 aliphatic heterocycles. The van der Waals surface area contributed by atoms with E-state index in [0.29, 0.717) is 25.0 Å². The summed E-state index contributed by atoms with van der Waals surface area (Å²) in [5.74, 6) is 0.00852. The van der Waals surface area contributed by atoms with Crippen molar-refractivity contribution in [3.8, 4) is 0 Å². The Morgan fingerprint density at radius 2 is 2.20 bits per heavy atom. The van der Waals surface area contributed by atoms with Crippen molar-refractivity contribution in [2.75, 3.05) is 13.2 Å². The van der Waals surface area contributed by atoms with Gasteiger partial charge in [0.2, 0.25) is 0 Å². The quantitative estimate of drug-likeness (QED) is 0.807. The maximum Gasteiger partial charge on any atom is 0.123 e. The summed E-state index contributed by atoms with van der Waals surface area (Å²) in [6.07, 6.45) is 2.55. The predicted octanol–water partition coefficient (Wildman–Crippen LogP) is 2.43. The van der Waals surface area contributed by atoms with E-state index in [1.165, 1.54) is 12.1 Å². The molecule has 1 aromatic rings. The number of halogens is 1. The zero-order valence-corrected chi connectivity index (χ0v) is 12.0. The molecule has 1 aromatic carbocycles. The normalized spacial score (nSPS) is 25.0. The molecule has 1 saturated carbocycles. The minimum atomic E-state index is -0.519. The third-order valence-electron chi connectivity index (χ3n) is 4.16. The van der Waals surface area contributed by atoms with E-state index in [9.17, 15) is 9.50 Å². The fourth-order valence-corrected chi connectivity index (χ4v) is 3.00. The monoisotopic (exact) mass is 281 g/mol. The molecule has 0 spiro atoms. The zero-order valence-electron chi connectivity index (χ0n) is 12.0. The second-order valence-corrected chi connectivity index (χ2v) is 5.62. The lowest BCUT2D eigenvalue weighted by Gasteiger charge is -2.37. The Hall–Kier alpha value is -0.970. The Labute approximate surface area is 119 Å². The number of nitrogens with two attached hydrogens (primary N) is 1. The van der Waals surface area contributed by atoms with Gasteiger partial charge in [0.25, 0.3) is 0 Å². The van der Waals surface area contributed by atoms with Gasteiger partial charge in [0.15, 0.2) is 0 Å². The van der Waals surface area contributed by atoms with Crippen molar-refractivity contribution in [2.24, 2.45) is 11.7 Å². The summed E-state index contributed by atoms with van der Waals surface area (Å²) in [6.45, 7) is 3.07. The van der Waals surface area contributed by atoms with Gasteiger partial charge in [0.05, 0.1) is 12.2 Å². The average molecular weight is 281 g/mol. The highest BCUT2D eigenvalue weighted by Crippen LogP contribution is 2.36. The molecule has 3 nitrogen and oxygen atoms in total. The van der Waals surface area contributed by atoms with Crippen molar-refractivity contribution < 1.29 is 14.2 Å². The first-order chi connectivity index (χ1) is 9.63. The van der Waals surface area contributed by atoms with Gasteiger partial charge >= 0.3 is 0 Å². The predicted molar refractivity (Wildman–Crippen MR) is 77.0 cm³/mol. The van der Waals surface area contributed by atoms with Gasteiger partial charge < -0.3 is 15.6 Å². The van der Waals surface area contributed by atoms with Crippen molar-refractivity contribution in [3.05, 3.63) is 35.6 Å². The van der Waals surface area contributed by atoms with Gasteiger partial charge in [-0.1, -0.05) is 12.1 Å². The third-order valence-corrected chi connectivity index (χ3v) is 4.16. The molecule has 2 rings (SSSR count). The van der Waals surface area contributed by atoms with Crippen molar-refractivity contribution in [3.63, 3.8) is 0 Å². The lowest BCUT2D eigenvalue weighted by molar-refractivity contribution is -0.0398. The third kappa shape index (κ3) is 3.78. The first-order valence-corrected chi connectivity index (χ1v) is 7.39. The summed E-state index contributed by atoms with van der Waals surface area (Å²) in [5, 5.41) is 10.4. The van der Waals surface area contributed by atoms with Gasteiger partial charge in [0, 0.05) is 19.1 Å². The van der Waals surface area contributed by atoms with Crippen LogP contribution in [0.2, 0.25) is 0 Å². The summed E-state index contributed by atoms with van der Waals surface area (Å²) >= 11 is 0. The van der Waals surface area contributed by atoms with Crippen LogP contribution in [0.1, 0.15) is 37.7 Å². The topological polar surface area (TPSA) is 55.5 Å². The van der Waals surface area contributed by atoms with Gasteiger partial charge in [-0.25, -0.2) is 4.39 Å². The number of hydrogen-bond acceptors (Lipinski definition) is 3. The zero-order chi connectivity index (χ0) is 14.5. The fourth-order valence-electron chi connectivity index (χ4n) is 3.00. The largest absolute Gasteiger partial charge is 0.392 e.